The Morgan fingerprint density at radius 1 is 1.00 bits per heavy atom. The molecule has 0 fully saturated rings. The Bertz CT molecular complexity index is 582. The zero-order valence-corrected chi connectivity index (χ0v) is 14.6. The van der Waals surface area contributed by atoms with Crippen LogP contribution in [0.3, 0.4) is 0 Å². The number of hydrogen-bond donors (Lipinski definition) is 0. The van der Waals surface area contributed by atoms with Crippen molar-refractivity contribution in [3.05, 3.63) is 58.1 Å². The third-order valence-corrected chi connectivity index (χ3v) is 4.86. The maximum atomic E-state index is 6.20. The van der Waals surface area contributed by atoms with Gasteiger partial charge in [0.25, 0.3) is 0 Å². The lowest BCUT2D eigenvalue weighted by atomic mass is 10.1. The fourth-order valence-corrected chi connectivity index (χ4v) is 3.35. The predicted octanol–water partition coefficient (Wildman–Crippen LogP) is 5.64. The van der Waals surface area contributed by atoms with Crippen LogP contribution < -0.4 is 0 Å². The molecule has 0 aliphatic rings. The first-order valence-electron chi connectivity index (χ1n) is 6.91. The molecule has 0 spiro atoms. The molecule has 112 valence electrons. The average Bonchev–Trinajstić information content (AvgIpc) is 2.43. The van der Waals surface area contributed by atoms with E-state index in [-0.39, 0.29) is 0 Å². The zero-order chi connectivity index (χ0) is 15.2. The Balaban J connectivity index is 1.95. The minimum atomic E-state index is 0.667. The summed E-state index contributed by atoms with van der Waals surface area (Å²) >= 11 is 13.8. The largest absolute Gasteiger partial charge is 0.309 e. The Kier molecular flexibility index (Phi) is 6.43. The third kappa shape index (κ3) is 5.55. The number of halogens is 2. The van der Waals surface area contributed by atoms with Gasteiger partial charge in [-0.05, 0) is 69.4 Å². The first-order chi connectivity index (χ1) is 10.0. The number of rotatable bonds is 6. The van der Waals surface area contributed by atoms with Crippen LogP contribution in [0.15, 0.2) is 52.3 Å². The van der Waals surface area contributed by atoms with E-state index in [1.54, 1.807) is 17.8 Å². The van der Waals surface area contributed by atoms with E-state index < -0.39 is 0 Å². The van der Waals surface area contributed by atoms with E-state index in [9.17, 15) is 0 Å². The highest BCUT2D eigenvalue weighted by molar-refractivity contribution is 7.99. The molecule has 0 heterocycles. The minimum absolute atomic E-state index is 0.667. The van der Waals surface area contributed by atoms with E-state index in [0.29, 0.717) is 10.0 Å². The van der Waals surface area contributed by atoms with E-state index in [1.807, 2.05) is 12.1 Å². The molecule has 0 unspecified atom stereocenters. The molecular weight excluding hydrogens is 321 g/mol. The van der Waals surface area contributed by atoms with Gasteiger partial charge in [0, 0.05) is 14.8 Å². The van der Waals surface area contributed by atoms with Crippen LogP contribution in [-0.4, -0.2) is 25.5 Å². The van der Waals surface area contributed by atoms with Gasteiger partial charge in [0.2, 0.25) is 0 Å². The molecule has 2 rings (SSSR count). The van der Waals surface area contributed by atoms with Crippen LogP contribution in [0.4, 0.5) is 0 Å². The maximum Gasteiger partial charge on any atom is 0.0560 e. The quantitative estimate of drug-likeness (QED) is 0.669. The van der Waals surface area contributed by atoms with Crippen molar-refractivity contribution in [3.63, 3.8) is 0 Å². The Labute approximate surface area is 141 Å². The lowest BCUT2D eigenvalue weighted by Crippen LogP contribution is -2.13. The van der Waals surface area contributed by atoms with Crippen molar-refractivity contribution in [1.29, 1.82) is 0 Å². The molecule has 21 heavy (non-hydrogen) atoms. The van der Waals surface area contributed by atoms with Crippen LogP contribution in [0.2, 0.25) is 10.0 Å². The molecule has 4 heteroatoms. The van der Waals surface area contributed by atoms with Crippen LogP contribution in [0, 0.1) is 0 Å². The van der Waals surface area contributed by atoms with Crippen LogP contribution in [0.1, 0.15) is 12.0 Å². The summed E-state index contributed by atoms with van der Waals surface area (Å²) in [5, 5.41) is 1.36. The van der Waals surface area contributed by atoms with Gasteiger partial charge >= 0.3 is 0 Å². The Morgan fingerprint density at radius 3 is 2.33 bits per heavy atom. The SMILES string of the molecule is CN(C)CCCc1ccc(Sc2ccc(Cl)cc2Cl)cc1. The summed E-state index contributed by atoms with van der Waals surface area (Å²) in [5.74, 6) is 0. The standard InChI is InChI=1S/C17H19Cl2NS/c1-20(2)11-3-4-13-5-8-15(9-6-13)21-17-10-7-14(18)12-16(17)19/h5-10,12H,3-4,11H2,1-2H3. The van der Waals surface area contributed by atoms with Gasteiger partial charge in [-0.1, -0.05) is 47.1 Å². The second kappa shape index (κ2) is 8.09. The zero-order valence-electron chi connectivity index (χ0n) is 12.3. The summed E-state index contributed by atoms with van der Waals surface area (Å²) in [7, 11) is 4.21. The summed E-state index contributed by atoms with van der Waals surface area (Å²) < 4.78 is 0. The first-order valence-corrected chi connectivity index (χ1v) is 8.48. The fraction of sp³-hybridized carbons (Fsp3) is 0.294. The van der Waals surface area contributed by atoms with Crippen molar-refractivity contribution in [2.75, 3.05) is 20.6 Å². The molecular formula is C17H19Cl2NS. The molecule has 0 atom stereocenters. The van der Waals surface area contributed by atoms with Crippen LogP contribution in [-0.2, 0) is 6.42 Å². The Hall–Kier alpha value is -0.670. The van der Waals surface area contributed by atoms with E-state index in [1.165, 1.54) is 16.9 Å². The fourth-order valence-electron chi connectivity index (χ4n) is 2.01. The Morgan fingerprint density at radius 2 is 1.71 bits per heavy atom. The molecule has 0 amide bonds. The summed E-state index contributed by atoms with van der Waals surface area (Å²) in [6.45, 7) is 1.12. The second-order valence-corrected chi connectivity index (χ2v) is 7.19. The van der Waals surface area contributed by atoms with Crippen molar-refractivity contribution in [2.45, 2.75) is 22.6 Å². The number of nitrogens with zero attached hydrogens (tertiary/aromatic N) is 1. The summed E-state index contributed by atoms with van der Waals surface area (Å²) in [5.41, 5.74) is 1.38. The van der Waals surface area contributed by atoms with Gasteiger partial charge in [0.1, 0.15) is 0 Å². The van der Waals surface area contributed by atoms with Crippen molar-refractivity contribution < 1.29 is 0 Å². The number of benzene rings is 2. The second-order valence-electron chi connectivity index (χ2n) is 5.23. The monoisotopic (exact) mass is 339 g/mol. The van der Waals surface area contributed by atoms with E-state index in [4.69, 9.17) is 23.2 Å². The van der Waals surface area contributed by atoms with Gasteiger partial charge in [-0.25, -0.2) is 0 Å². The molecule has 2 aromatic carbocycles. The minimum Gasteiger partial charge on any atom is -0.309 e. The summed E-state index contributed by atoms with van der Waals surface area (Å²) in [6.07, 6.45) is 2.30. The maximum absolute atomic E-state index is 6.20. The number of hydrogen-bond acceptors (Lipinski definition) is 2. The predicted molar refractivity (Wildman–Crippen MR) is 93.9 cm³/mol. The molecule has 2 aromatic rings. The van der Waals surface area contributed by atoms with Crippen molar-refractivity contribution in [2.24, 2.45) is 0 Å². The third-order valence-electron chi connectivity index (χ3n) is 3.12. The summed E-state index contributed by atoms with van der Waals surface area (Å²) in [4.78, 5) is 4.43. The molecule has 0 bridgehead atoms. The van der Waals surface area contributed by atoms with Gasteiger partial charge in [0.15, 0.2) is 0 Å². The van der Waals surface area contributed by atoms with Gasteiger partial charge in [-0.3, -0.25) is 0 Å². The molecule has 0 saturated carbocycles. The van der Waals surface area contributed by atoms with E-state index in [0.717, 1.165) is 17.9 Å². The molecule has 0 saturated heterocycles. The van der Waals surface area contributed by atoms with Crippen molar-refractivity contribution in [1.82, 2.24) is 4.90 Å². The highest BCUT2D eigenvalue weighted by Crippen LogP contribution is 2.34. The smallest absolute Gasteiger partial charge is 0.0560 e. The molecule has 0 aliphatic carbocycles. The highest BCUT2D eigenvalue weighted by atomic mass is 35.5. The molecule has 0 radical (unpaired) electrons. The lowest BCUT2D eigenvalue weighted by Gasteiger charge is -2.09. The summed E-state index contributed by atoms with van der Waals surface area (Å²) in [6, 6.07) is 14.3. The topological polar surface area (TPSA) is 3.24 Å². The van der Waals surface area contributed by atoms with E-state index in [2.05, 4.69) is 43.3 Å². The van der Waals surface area contributed by atoms with Crippen LogP contribution in [0.25, 0.3) is 0 Å². The van der Waals surface area contributed by atoms with Crippen molar-refractivity contribution >= 4 is 35.0 Å². The lowest BCUT2D eigenvalue weighted by molar-refractivity contribution is 0.400. The van der Waals surface area contributed by atoms with Crippen molar-refractivity contribution in [3.8, 4) is 0 Å². The first kappa shape index (κ1) is 16.7. The van der Waals surface area contributed by atoms with Gasteiger partial charge < -0.3 is 4.90 Å². The highest BCUT2D eigenvalue weighted by Gasteiger charge is 2.04. The molecule has 1 nitrogen and oxygen atoms in total. The normalized spacial score (nSPS) is 11.1. The molecule has 0 N–H and O–H groups in total. The van der Waals surface area contributed by atoms with Gasteiger partial charge in [0.05, 0.1) is 5.02 Å². The van der Waals surface area contributed by atoms with Crippen LogP contribution in [0.5, 0.6) is 0 Å². The van der Waals surface area contributed by atoms with Gasteiger partial charge in [-0.2, -0.15) is 0 Å². The molecule has 0 aromatic heterocycles. The number of aryl methyl sites for hydroxylation is 1. The van der Waals surface area contributed by atoms with Gasteiger partial charge in [-0.15, -0.1) is 0 Å². The molecule has 0 aliphatic heterocycles. The van der Waals surface area contributed by atoms with Crippen LogP contribution >= 0.6 is 35.0 Å². The average molecular weight is 340 g/mol. The van der Waals surface area contributed by atoms with E-state index >= 15 is 0 Å².